The van der Waals surface area contributed by atoms with Crippen LogP contribution in [0.4, 0.5) is 0 Å². The molecule has 3 rings (SSSR count). The number of rotatable bonds is 3. The number of hydrogen-bond acceptors (Lipinski definition) is 7. The van der Waals surface area contributed by atoms with Crippen LogP contribution in [0.15, 0.2) is 16.3 Å². The number of methoxy groups -OCH3 is 1. The first-order valence-electron chi connectivity index (χ1n) is 6.87. The Kier molecular flexibility index (Phi) is 4.08. The van der Waals surface area contributed by atoms with E-state index >= 15 is 0 Å². The first kappa shape index (κ1) is 15.0. The Hall–Kier alpha value is -0.900. The molecule has 0 bridgehead atoms. The Morgan fingerprint density at radius 1 is 1.62 bits per heavy atom. The predicted octanol–water partition coefficient (Wildman–Crippen LogP) is -1.32. The molecule has 0 aliphatic carbocycles. The highest BCUT2D eigenvalue weighted by Crippen LogP contribution is 2.36. The molecule has 116 valence electrons. The lowest BCUT2D eigenvalue weighted by molar-refractivity contribution is -0.0309. The molecule has 2 unspecified atom stereocenters. The van der Waals surface area contributed by atoms with Crippen LogP contribution in [0.3, 0.4) is 0 Å². The van der Waals surface area contributed by atoms with E-state index in [4.69, 9.17) is 27.4 Å². The van der Waals surface area contributed by atoms with E-state index in [0.717, 1.165) is 11.3 Å². The van der Waals surface area contributed by atoms with Gasteiger partial charge < -0.3 is 30.7 Å². The van der Waals surface area contributed by atoms with Crippen LogP contribution in [0.1, 0.15) is 6.42 Å². The summed E-state index contributed by atoms with van der Waals surface area (Å²) in [6.45, 7) is -0.265. The van der Waals surface area contributed by atoms with E-state index in [-0.39, 0.29) is 18.7 Å². The lowest BCUT2D eigenvalue weighted by Crippen LogP contribution is -2.43. The molecule has 0 aromatic rings. The van der Waals surface area contributed by atoms with E-state index in [2.05, 4.69) is 10.3 Å². The molecule has 0 aromatic carbocycles. The van der Waals surface area contributed by atoms with Gasteiger partial charge in [-0.15, -0.1) is 0 Å². The highest BCUT2D eigenvalue weighted by atomic mass is 32.1. The van der Waals surface area contributed by atoms with Crippen molar-refractivity contribution in [1.82, 2.24) is 5.32 Å². The van der Waals surface area contributed by atoms with Gasteiger partial charge in [0, 0.05) is 31.0 Å². The van der Waals surface area contributed by atoms with Gasteiger partial charge in [-0.1, -0.05) is 12.2 Å². The number of ether oxygens (including phenoxy) is 2. The van der Waals surface area contributed by atoms with Gasteiger partial charge in [0.1, 0.15) is 29.4 Å². The summed E-state index contributed by atoms with van der Waals surface area (Å²) >= 11 is 5.24. The van der Waals surface area contributed by atoms with Gasteiger partial charge in [0.05, 0.1) is 18.7 Å². The van der Waals surface area contributed by atoms with E-state index in [0.29, 0.717) is 11.4 Å². The molecule has 5 N–H and O–H groups in total. The fraction of sp³-hybridized carbons (Fsp3) is 0.692. The number of nitrogens with one attached hydrogen (secondary N) is 1. The molecule has 0 spiro atoms. The molecule has 0 radical (unpaired) electrons. The van der Waals surface area contributed by atoms with Gasteiger partial charge in [-0.05, 0) is 0 Å². The summed E-state index contributed by atoms with van der Waals surface area (Å²) in [7, 11) is 1.51. The van der Waals surface area contributed by atoms with Crippen molar-refractivity contribution in [3.8, 4) is 0 Å². The van der Waals surface area contributed by atoms with Crippen molar-refractivity contribution in [2.75, 3.05) is 13.7 Å². The van der Waals surface area contributed by atoms with Crippen molar-refractivity contribution in [3.63, 3.8) is 0 Å². The monoisotopic (exact) mass is 313 g/mol. The van der Waals surface area contributed by atoms with E-state index in [1.54, 1.807) is 6.21 Å². The molecule has 6 atom stereocenters. The molecule has 3 heterocycles. The zero-order chi connectivity index (χ0) is 15.1. The maximum atomic E-state index is 10.2. The minimum Gasteiger partial charge on any atom is -0.394 e. The van der Waals surface area contributed by atoms with Crippen LogP contribution in [0.5, 0.6) is 0 Å². The maximum Gasteiger partial charge on any atom is 0.130 e. The second-order valence-electron chi connectivity index (χ2n) is 5.47. The number of aliphatic hydroxyl groups excluding tert-OH is 2. The Morgan fingerprint density at radius 3 is 3.05 bits per heavy atom. The molecular weight excluding hydrogens is 294 g/mol. The number of nitrogens with zero attached hydrogens (tertiary/aromatic N) is 1. The SMILES string of the molecule is CO[C@@H]1[C@H](O)[C@@H](CO)O[C@H]1C1C=NC(=S)C2=C1NC(N)C2. The minimum absolute atomic E-state index is 0.196. The second kappa shape index (κ2) is 5.71. The van der Waals surface area contributed by atoms with Gasteiger partial charge in [-0.2, -0.15) is 0 Å². The molecular formula is C13H19N3O4S. The van der Waals surface area contributed by atoms with Crippen LogP contribution >= 0.6 is 12.2 Å². The van der Waals surface area contributed by atoms with Gasteiger partial charge in [0.15, 0.2) is 0 Å². The maximum absolute atomic E-state index is 10.2. The number of dihydropyridines is 1. The summed E-state index contributed by atoms with van der Waals surface area (Å²) in [4.78, 5) is 4.79. The van der Waals surface area contributed by atoms with Crippen molar-refractivity contribution < 1.29 is 19.7 Å². The molecule has 8 heteroatoms. The van der Waals surface area contributed by atoms with Crippen LogP contribution in [0, 0.1) is 5.92 Å². The summed E-state index contributed by atoms with van der Waals surface area (Å²) in [5, 5.41) is 22.7. The second-order valence-corrected chi connectivity index (χ2v) is 5.86. The highest BCUT2D eigenvalue weighted by molar-refractivity contribution is 7.80. The zero-order valence-electron chi connectivity index (χ0n) is 11.6. The third-order valence-corrected chi connectivity index (χ3v) is 4.57. The van der Waals surface area contributed by atoms with Gasteiger partial charge in [-0.3, -0.25) is 0 Å². The number of nitrogens with two attached hydrogens (primary N) is 1. The molecule has 1 saturated heterocycles. The quantitative estimate of drug-likeness (QED) is 0.479. The van der Waals surface area contributed by atoms with Gasteiger partial charge in [0.25, 0.3) is 0 Å². The zero-order valence-corrected chi connectivity index (χ0v) is 12.4. The third kappa shape index (κ3) is 2.41. The van der Waals surface area contributed by atoms with Crippen molar-refractivity contribution in [2.24, 2.45) is 16.6 Å². The van der Waals surface area contributed by atoms with Gasteiger partial charge >= 0.3 is 0 Å². The number of aliphatic imine (C=N–C) groups is 1. The normalized spacial score (nSPS) is 42.4. The van der Waals surface area contributed by atoms with Crippen LogP contribution < -0.4 is 11.1 Å². The average Bonchev–Trinajstić information content (AvgIpc) is 3.00. The van der Waals surface area contributed by atoms with Gasteiger partial charge in [-0.25, -0.2) is 4.99 Å². The molecule has 7 nitrogen and oxygen atoms in total. The molecule has 0 saturated carbocycles. The first-order chi connectivity index (χ1) is 10.1. The summed E-state index contributed by atoms with van der Waals surface area (Å²) in [5.74, 6) is -0.226. The van der Waals surface area contributed by atoms with Crippen LogP contribution in [0.25, 0.3) is 0 Å². The molecule has 3 aliphatic heterocycles. The summed E-state index contributed by atoms with van der Waals surface area (Å²) in [6, 6.07) is 0. The number of hydrogen-bond donors (Lipinski definition) is 4. The lowest BCUT2D eigenvalue weighted by Gasteiger charge is -2.28. The van der Waals surface area contributed by atoms with Crippen molar-refractivity contribution in [3.05, 3.63) is 11.3 Å². The van der Waals surface area contributed by atoms with E-state index < -0.39 is 24.4 Å². The predicted molar refractivity (Wildman–Crippen MR) is 79.9 cm³/mol. The van der Waals surface area contributed by atoms with E-state index in [9.17, 15) is 10.2 Å². The molecule has 21 heavy (non-hydrogen) atoms. The fourth-order valence-corrected chi connectivity index (χ4v) is 3.45. The third-order valence-electron chi connectivity index (χ3n) is 4.21. The number of thiocarbonyl (C=S) groups is 1. The molecule has 1 fully saturated rings. The Morgan fingerprint density at radius 2 is 2.38 bits per heavy atom. The Balaban J connectivity index is 1.89. The van der Waals surface area contributed by atoms with Crippen LogP contribution in [-0.4, -0.2) is 65.7 Å². The first-order valence-corrected chi connectivity index (χ1v) is 7.28. The molecule has 0 amide bonds. The minimum atomic E-state index is -0.883. The summed E-state index contributed by atoms with van der Waals surface area (Å²) in [6.07, 6.45) is -0.409. The van der Waals surface area contributed by atoms with E-state index in [1.165, 1.54) is 7.11 Å². The van der Waals surface area contributed by atoms with Crippen molar-refractivity contribution in [2.45, 2.75) is 37.0 Å². The van der Waals surface area contributed by atoms with Crippen molar-refractivity contribution in [1.29, 1.82) is 0 Å². The van der Waals surface area contributed by atoms with Gasteiger partial charge in [0.2, 0.25) is 0 Å². The standard InChI is InChI=1S/C13H19N3O4S/c1-19-12-10(18)7(4-17)20-11(12)6-3-15-13(21)5-2-8(14)16-9(5)6/h3,6-8,10-12,16-18H,2,4,14H2,1H3/t6?,7-,8?,10-,11+,12-/m1/s1. The average molecular weight is 313 g/mol. The fourth-order valence-electron chi connectivity index (χ4n) is 3.20. The lowest BCUT2D eigenvalue weighted by atomic mass is 9.90. The highest BCUT2D eigenvalue weighted by Gasteiger charge is 2.49. The van der Waals surface area contributed by atoms with Crippen LogP contribution in [-0.2, 0) is 9.47 Å². The topological polar surface area (TPSA) is 109 Å². The Labute approximate surface area is 127 Å². The van der Waals surface area contributed by atoms with E-state index in [1.807, 2.05) is 0 Å². The Bertz CT molecular complexity index is 510. The summed E-state index contributed by atoms with van der Waals surface area (Å²) < 4.78 is 11.1. The molecule has 3 aliphatic rings. The molecule has 0 aromatic heterocycles. The number of aliphatic hydroxyl groups is 2. The summed E-state index contributed by atoms with van der Waals surface area (Å²) in [5.41, 5.74) is 7.75. The smallest absolute Gasteiger partial charge is 0.130 e. The van der Waals surface area contributed by atoms with Crippen LogP contribution in [0.2, 0.25) is 0 Å². The largest absolute Gasteiger partial charge is 0.394 e. The van der Waals surface area contributed by atoms with Crippen molar-refractivity contribution >= 4 is 23.4 Å².